The van der Waals surface area contributed by atoms with Crippen LogP contribution in [-0.2, 0) is 12.4 Å². The number of anilines is 8. The number of para-hydroxylation sites is 6. The molecule has 0 saturated heterocycles. The Kier molecular flexibility index (Phi) is 20.4. The molecule has 12 N–H and O–H groups in total. The number of alkyl halides is 6. The molecule has 0 saturated carbocycles. The Hall–Kier alpha value is -15.3. The van der Waals surface area contributed by atoms with Crippen molar-refractivity contribution in [2.45, 2.75) is 12.4 Å². The summed E-state index contributed by atoms with van der Waals surface area (Å²) in [7, 11) is 0. The Morgan fingerprint density at radius 3 is 0.876 bits per heavy atom. The minimum Gasteiger partial charge on any atom is -0.478 e. The van der Waals surface area contributed by atoms with Crippen LogP contribution >= 0.6 is 11.6 Å². The average Bonchev–Trinajstić information content (AvgIpc) is 1.63. The van der Waals surface area contributed by atoms with Crippen molar-refractivity contribution in [1.29, 1.82) is 0 Å². The third-order valence-corrected chi connectivity index (χ3v) is 17.8. The van der Waals surface area contributed by atoms with Crippen LogP contribution in [0.4, 0.5) is 71.8 Å². The first-order valence-corrected chi connectivity index (χ1v) is 33.3. The number of rotatable bonds is 16. The predicted octanol–water partition coefficient (Wildman–Crippen LogP) is 21.6. The van der Waals surface area contributed by atoms with E-state index >= 15 is 0 Å². The van der Waals surface area contributed by atoms with Crippen LogP contribution in [0, 0.1) is 0 Å². The second kappa shape index (κ2) is 30.4. The van der Waals surface area contributed by atoms with E-state index in [4.69, 9.17) is 29.3 Å². The highest BCUT2D eigenvalue weighted by molar-refractivity contribution is 6.31. The zero-order valence-electron chi connectivity index (χ0n) is 57.0. The first kappa shape index (κ1) is 75.9. The van der Waals surface area contributed by atoms with E-state index in [9.17, 15) is 106 Å². The molecule has 0 aliphatic carbocycles. The normalized spacial score (nSPS) is 11.4. The summed E-state index contributed by atoms with van der Waals surface area (Å²) in [5.41, 5.74) is 0.594. The summed E-state index contributed by atoms with van der Waals surface area (Å²) in [6.45, 7) is 0. The Labute approximate surface area is 631 Å². The van der Waals surface area contributed by atoms with Crippen LogP contribution in [0.3, 0.4) is 0 Å². The molecule has 113 heavy (non-hydrogen) atoms. The highest BCUT2D eigenvalue weighted by Crippen LogP contribution is 2.46. The molecule has 0 bridgehead atoms. The van der Waals surface area contributed by atoms with Crippen LogP contribution in [0.1, 0.15) is 94.0 Å². The Morgan fingerprint density at radius 2 is 0.549 bits per heavy atom. The zero-order chi connectivity index (χ0) is 80.6. The molecule has 4 heterocycles. The van der Waals surface area contributed by atoms with Crippen molar-refractivity contribution in [1.82, 2.24) is 0 Å². The molecule has 16 rings (SSSR count). The highest BCUT2D eigenvalue weighted by Gasteiger charge is 2.35. The summed E-state index contributed by atoms with van der Waals surface area (Å²) < 4.78 is 102. The van der Waals surface area contributed by atoms with Crippen LogP contribution in [0.5, 0.6) is 0 Å². The lowest BCUT2D eigenvalue weighted by Gasteiger charge is -2.15. The van der Waals surface area contributed by atoms with Gasteiger partial charge in [-0.3, -0.25) is 0 Å². The number of carbonyl (C=O) groups is 8. The van der Waals surface area contributed by atoms with Crippen LogP contribution in [0.15, 0.2) is 242 Å². The van der Waals surface area contributed by atoms with Gasteiger partial charge < -0.3 is 79.8 Å². The number of benzene rings is 12. The van der Waals surface area contributed by atoms with E-state index in [0.717, 1.165) is 23.9 Å². The van der Waals surface area contributed by atoms with Gasteiger partial charge in [0.2, 0.25) is 0 Å². The van der Waals surface area contributed by atoms with Crippen molar-refractivity contribution in [3.8, 4) is 0 Å². The van der Waals surface area contributed by atoms with Crippen LogP contribution in [-0.4, -0.2) is 88.6 Å². The van der Waals surface area contributed by atoms with Crippen LogP contribution in [0.25, 0.3) is 87.8 Å². The molecule has 0 atom stereocenters. The Balaban J connectivity index is 0.000000132. The summed E-state index contributed by atoms with van der Waals surface area (Å²) >= 11 is 6.02. The number of carboxylic acid groups (broad SMARTS) is 8. The lowest BCUT2D eigenvalue weighted by molar-refractivity contribution is -0.138. The molecule has 24 nitrogen and oxygen atoms in total. The number of hydrogen-bond acceptors (Lipinski definition) is 16. The second-order valence-corrected chi connectivity index (χ2v) is 25.0. The largest absolute Gasteiger partial charge is 0.478 e. The molecular formula is C82H49ClF6N4O20. The quantitative estimate of drug-likeness (QED) is 0.0400. The summed E-state index contributed by atoms with van der Waals surface area (Å²) in [5.74, 6) is -9.75. The van der Waals surface area contributed by atoms with E-state index < -0.39 is 71.2 Å². The molecule has 12 aromatic carbocycles. The number of carboxylic acids is 8. The van der Waals surface area contributed by atoms with E-state index in [1.54, 1.807) is 60.7 Å². The van der Waals surface area contributed by atoms with Gasteiger partial charge in [-0.2, -0.15) is 26.3 Å². The van der Waals surface area contributed by atoms with Crippen molar-refractivity contribution in [3.63, 3.8) is 0 Å². The van der Waals surface area contributed by atoms with Gasteiger partial charge in [0, 0.05) is 43.6 Å². The second-order valence-electron chi connectivity index (χ2n) is 24.5. The van der Waals surface area contributed by atoms with E-state index in [-0.39, 0.29) is 128 Å². The maximum absolute atomic E-state index is 13.4. The fourth-order valence-electron chi connectivity index (χ4n) is 12.7. The maximum atomic E-state index is 13.4. The molecule has 0 unspecified atom stereocenters. The van der Waals surface area contributed by atoms with Gasteiger partial charge in [-0.25, -0.2) is 38.4 Å². The highest BCUT2D eigenvalue weighted by atomic mass is 35.5. The number of nitrogens with one attached hydrogen (secondary N) is 4. The fourth-order valence-corrected chi connectivity index (χ4v) is 12.9. The predicted molar refractivity (Wildman–Crippen MR) is 404 cm³/mol. The summed E-state index contributed by atoms with van der Waals surface area (Å²) in [6, 6.07) is 55.1. The first-order valence-electron chi connectivity index (χ1n) is 32.9. The van der Waals surface area contributed by atoms with Gasteiger partial charge in [0.05, 0.1) is 61.1 Å². The fraction of sp³-hybridized carbons (Fsp3) is 0.0244. The molecule has 566 valence electrons. The topological polar surface area (TPSA) is 399 Å². The maximum Gasteiger partial charge on any atom is 0.418 e. The van der Waals surface area contributed by atoms with Gasteiger partial charge in [0.25, 0.3) is 0 Å². The number of hydrogen-bond donors (Lipinski definition) is 12. The van der Waals surface area contributed by atoms with Crippen molar-refractivity contribution in [2.75, 3.05) is 21.3 Å². The van der Waals surface area contributed by atoms with E-state index in [0.29, 0.717) is 49.0 Å². The van der Waals surface area contributed by atoms with Gasteiger partial charge in [-0.1, -0.05) is 103 Å². The van der Waals surface area contributed by atoms with Crippen molar-refractivity contribution < 1.29 is 123 Å². The van der Waals surface area contributed by atoms with Crippen LogP contribution in [0.2, 0.25) is 5.02 Å². The minimum absolute atomic E-state index is 0.0132. The van der Waals surface area contributed by atoms with Crippen LogP contribution < -0.4 is 21.3 Å². The molecule has 4 aromatic heterocycles. The zero-order valence-corrected chi connectivity index (χ0v) is 57.7. The summed E-state index contributed by atoms with van der Waals surface area (Å²) in [4.78, 5) is 92.5. The number of furan rings is 4. The van der Waals surface area contributed by atoms with E-state index in [1.807, 2.05) is 36.4 Å². The monoisotopic (exact) mass is 1560 g/mol. The van der Waals surface area contributed by atoms with Crippen molar-refractivity contribution in [3.05, 3.63) is 285 Å². The SMILES string of the molecule is O=C(O)c1cccc2c1oc1c(C(=O)O)ccc(Nc3cccc(C(F)(F)F)c3)c12.O=C(O)c1cccc2c1oc1c(C(=O)O)ccc(Nc3cccc(Cl)c3)c12.O=C(O)c1cccc2c1oc1c(C(=O)O)ccc(Nc3ccccc3)c12.O=C(O)c1cccc2c1oc1c(C(=O)O)ccc(Nc3ccccc3C(F)(F)F)c12. The van der Waals surface area contributed by atoms with E-state index in [1.165, 1.54) is 109 Å². The molecule has 0 fully saturated rings. The van der Waals surface area contributed by atoms with Gasteiger partial charge in [0.1, 0.15) is 66.8 Å². The third kappa shape index (κ3) is 15.1. The summed E-state index contributed by atoms with van der Waals surface area (Å²) in [5, 5.41) is 91.1. The molecule has 31 heteroatoms. The Bertz CT molecular complexity index is 6630. The number of halogens is 7. The van der Waals surface area contributed by atoms with E-state index in [2.05, 4.69) is 21.3 Å². The molecule has 0 aliphatic rings. The van der Waals surface area contributed by atoms with Crippen molar-refractivity contribution in [2.24, 2.45) is 0 Å². The third-order valence-electron chi connectivity index (χ3n) is 17.6. The molecule has 16 aromatic rings. The molecular weight excluding hydrogens is 1510 g/mol. The molecule has 0 spiro atoms. The number of aromatic carboxylic acids is 8. The lowest BCUT2D eigenvalue weighted by Crippen LogP contribution is -2.08. The van der Waals surface area contributed by atoms with Gasteiger partial charge in [-0.15, -0.1) is 0 Å². The Morgan fingerprint density at radius 1 is 0.265 bits per heavy atom. The molecule has 0 radical (unpaired) electrons. The summed E-state index contributed by atoms with van der Waals surface area (Å²) in [6.07, 6.45) is -9.14. The molecule has 0 aliphatic heterocycles. The average molecular weight is 1560 g/mol. The minimum atomic E-state index is -4.61. The number of fused-ring (bicyclic) bond motifs is 12. The van der Waals surface area contributed by atoms with Gasteiger partial charge in [-0.05, 0) is 133 Å². The lowest BCUT2D eigenvalue weighted by atomic mass is 10.0. The van der Waals surface area contributed by atoms with Crippen molar-refractivity contribution >= 4 is 193 Å². The first-order chi connectivity index (χ1) is 53.9. The smallest absolute Gasteiger partial charge is 0.418 e. The molecule has 0 amide bonds. The standard InChI is InChI=1S/2C21H12F3NO5.C20H12ClNO5.C20H13NO5/c22-21(23,24)10-3-1-4-11(9-10)25-15-8-7-14(20(28)29)18-16(15)12-5-2-6-13(19(26)27)17(12)30-18;22-21(23,24)13-6-1-2-7-14(13)25-15-9-8-12(20(28)29)18-16(15)10-4-3-5-11(19(26)27)17(10)30-18;21-10-3-1-4-11(9-10)22-15-8-7-14(20(25)26)18-16(15)12-5-2-6-13(19(23)24)17(12)27-18;22-19(23)13-8-4-7-12-16-15(21-11-5-2-1-3-6-11)10-9-14(20(24)25)18(16)26-17(12)13/h2*1-9,25H,(H,26,27)(H,28,29);1-9,22H,(H,23,24)(H,25,26);1-10,21H,(H,22,23)(H,24,25). The van der Waals surface area contributed by atoms with Gasteiger partial charge >= 0.3 is 60.1 Å². The van der Waals surface area contributed by atoms with Gasteiger partial charge in [0.15, 0.2) is 22.3 Å².